The lowest BCUT2D eigenvalue weighted by Gasteiger charge is -2.05. The van der Waals surface area contributed by atoms with Crippen molar-refractivity contribution in [2.75, 3.05) is 5.32 Å². The van der Waals surface area contributed by atoms with Crippen molar-refractivity contribution in [3.63, 3.8) is 0 Å². The van der Waals surface area contributed by atoms with E-state index >= 15 is 0 Å². The van der Waals surface area contributed by atoms with E-state index in [0.717, 1.165) is 5.52 Å². The van der Waals surface area contributed by atoms with E-state index in [4.69, 9.17) is 18.0 Å². The van der Waals surface area contributed by atoms with Crippen LogP contribution in [0.5, 0.6) is 0 Å². The second kappa shape index (κ2) is 5.51. The average molecular weight is 311 g/mol. The number of aromatic nitrogens is 3. The smallest absolute Gasteiger partial charge is 0.259 e. The highest BCUT2D eigenvalue weighted by atomic mass is 35.5. The molecule has 0 aliphatic rings. The molecule has 1 amide bonds. The second-order valence-corrected chi connectivity index (χ2v) is 5.12. The van der Waals surface area contributed by atoms with Gasteiger partial charge in [-0.25, -0.2) is 4.98 Å². The standard InChI is InChI=1S/C16H11ClN4O/c1-3-10-6-11(9-18-8-10)15(22)20-16-19-13-7-12(17)4-5-14(13)21(16)2/h1,4-9H,2H3,(H,19,20,22). The van der Waals surface area contributed by atoms with E-state index in [9.17, 15) is 4.79 Å². The van der Waals surface area contributed by atoms with Crippen molar-refractivity contribution in [3.8, 4) is 12.3 Å². The van der Waals surface area contributed by atoms with Crippen LogP contribution in [0, 0.1) is 12.3 Å². The van der Waals surface area contributed by atoms with Gasteiger partial charge in [0.1, 0.15) is 0 Å². The number of pyridine rings is 1. The van der Waals surface area contributed by atoms with Crippen molar-refractivity contribution in [1.29, 1.82) is 0 Å². The third-order valence-electron chi connectivity index (χ3n) is 3.24. The Morgan fingerprint density at radius 3 is 2.95 bits per heavy atom. The zero-order chi connectivity index (χ0) is 15.7. The molecule has 2 aromatic heterocycles. The monoisotopic (exact) mass is 310 g/mol. The van der Waals surface area contributed by atoms with Gasteiger partial charge in [0.05, 0.1) is 16.6 Å². The Morgan fingerprint density at radius 1 is 1.36 bits per heavy atom. The highest BCUT2D eigenvalue weighted by Crippen LogP contribution is 2.22. The lowest BCUT2D eigenvalue weighted by molar-refractivity contribution is 0.102. The number of amides is 1. The summed E-state index contributed by atoms with van der Waals surface area (Å²) in [6.45, 7) is 0. The number of nitrogens with zero attached hydrogens (tertiary/aromatic N) is 3. The van der Waals surface area contributed by atoms with Gasteiger partial charge in [-0.2, -0.15) is 0 Å². The van der Waals surface area contributed by atoms with Gasteiger partial charge in [0.15, 0.2) is 0 Å². The minimum atomic E-state index is -0.325. The van der Waals surface area contributed by atoms with Crippen molar-refractivity contribution >= 4 is 34.5 Å². The number of aryl methyl sites for hydroxylation is 1. The van der Waals surface area contributed by atoms with Crippen LogP contribution in [0.3, 0.4) is 0 Å². The summed E-state index contributed by atoms with van der Waals surface area (Å²) in [7, 11) is 1.81. The highest BCUT2D eigenvalue weighted by molar-refractivity contribution is 6.31. The normalized spacial score (nSPS) is 10.4. The first-order valence-corrected chi connectivity index (χ1v) is 6.81. The zero-order valence-corrected chi connectivity index (χ0v) is 12.4. The molecule has 0 saturated carbocycles. The van der Waals surface area contributed by atoms with Crippen molar-refractivity contribution in [3.05, 3.63) is 52.8 Å². The fraction of sp³-hybridized carbons (Fsp3) is 0.0625. The number of nitrogens with one attached hydrogen (secondary N) is 1. The molecule has 0 radical (unpaired) electrons. The summed E-state index contributed by atoms with van der Waals surface area (Å²) in [4.78, 5) is 20.6. The number of fused-ring (bicyclic) bond motifs is 1. The van der Waals surface area contributed by atoms with Crippen molar-refractivity contribution in [1.82, 2.24) is 14.5 Å². The van der Waals surface area contributed by atoms with Gasteiger partial charge >= 0.3 is 0 Å². The first-order valence-electron chi connectivity index (χ1n) is 6.43. The van der Waals surface area contributed by atoms with Crippen LogP contribution in [0.15, 0.2) is 36.7 Å². The second-order valence-electron chi connectivity index (χ2n) is 4.69. The summed E-state index contributed by atoms with van der Waals surface area (Å²) in [6, 6.07) is 6.97. The lowest BCUT2D eigenvalue weighted by Crippen LogP contribution is -2.15. The van der Waals surface area contributed by atoms with Gasteiger partial charge < -0.3 is 4.57 Å². The summed E-state index contributed by atoms with van der Waals surface area (Å²) in [6.07, 6.45) is 8.29. The predicted octanol–water partition coefficient (Wildman–Crippen LogP) is 2.86. The first-order chi connectivity index (χ1) is 10.6. The summed E-state index contributed by atoms with van der Waals surface area (Å²) in [5.74, 6) is 2.55. The molecule has 108 valence electrons. The van der Waals surface area contributed by atoms with Crippen LogP contribution in [0.4, 0.5) is 5.95 Å². The molecular weight excluding hydrogens is 300 g/mol. The summed E-state index contributed by atoms with van der Waals surface area (Å²) < 4.78 is 1.78. The quantitative estimate of drug-likeness (QED) is 0.740. The minimum absolute atomic E-state index is 0.325. The topological polar surface area (TPSA) is 59.8 Å². The molecular formula is C16H11ClN4O. The molecule has 3 rings (SSSR count). The molecule has 0 atom stereocenters. The summed E-state index contributed by atoms with van der Waals surface area (Å²) >= 11 is 5.95. The van der Waals surface area contributed by atoms with Gasteiger partial charge in [-0.3, -0.25) is 15.1 Å². The molecule has 0 saturated heterocycles. The zero-order valence-electron chi connectivity index (χ0n) is 11.7. The van der Waals surface area contributed by atoms with Crippen LogP contribution in [0.25, 0.3) is 11.0 Å². The molecule has 5 nitrogen and oxygen atoms in total. The molecule has 0 bridgehead atoms. The number of imidazole rings is 1. The fourth-order valence-corrected chi connectivity index (χ4v) is 2.27. The van der Waals surface area contributed by atoms with Crippen LogP contribution in [-0.2, 0) is 7.05 Å². The largest absolute Gasteiger partial charge is 0.313 e. The minimum Gasteiger partial charge on any atom is -0.313 e. The van der Waals surface area contributed by atoms with Gasteiger partial charge in [0.25, 0.3) is 5.91 Å². The summed E-state index contributed by atoms with van der Waals surface area (Å²) in [5.41, 5.74) is 2.50. The summed E-state index contributed by atoms with van der Waals surface area (Å²) in [5, 5.41) is 3.34. The maximum atomic E-state index is 12.3. The molecule has 0 aliphatic heterocycles. The molecule has 0 unspecified atom stereocenters. The van der Waals surface area contributed by atoms with Crippen LogP contribution < -0.4 is 5.32 Å². The maximum Gasteiger partial charge on any atom is 0.259 e. The Balaban J connectivity index is 1.94. The van der Waals surface area contributed by atoms with E-state index in [1.165, 1.54) is 12.4 Å². The Bertz CT molecular complexity index is 924. The van der Waals surface area contributed by atoms with E-state index in [1.54, 1.807) is 22.8 Å². The number of carbonyl (C=O) groups excluding carboxylic acids is 1. The number of rotatable bonds is 2. The van der Waals surface area contributed by atoms with Crippen LogP contribution >= 0.6 is 11.6 Å². The molecule has 1 aromatic carbocycles. The van der Waals surface area contributed by atoms with Gasteiger partial charge in [-0.1, -0.05) is 17.5 Å². The number of carbonyl (C=O) groups is 1. The van der Waals surface area contributed by atoms with Crippen molar-refractivity contribution < 1.29 is 4.79 Å². The van der Waals surface area contributed by atoms with E-state index in [1.807, 2.05) is 13.1 Å². The maximum absolute atomic E-state index is 12.3. The van der Waals surface area contributed by atoms with Crippen LogP contribution in [0.2, 0.25) is 5.02 Å². The number of hydrogen-bond donors (Lipinski definition) is 1. The first kappa shape index (κ1) is 14.1. The molecule has 22 heavy (non-hydrogen) atoms. The molecule has 0 aliphatic carbocycles. The van der Waals surface area contributed by atoms with E-state index in [0.29, 0.717) is 27.6 Å². The van der Waals surface area contributed by atoms with E-state index in [-0.39, 0.29) is 5.91 Å². The van der Waals surface area contributed by atoms with Gasteiger partial charge in [0, 0.05) is 30.0 Å². The molecule has 2 heterocycles. The fourth-order valence-electron chi connectivity index (χ4n) is 2.10. The number of hydrogen-bond acceptors (Lipinski definition) is 3. The Labute approximate surface area is 132 Å². The van der Waals surface area contributed by atoms with E-state index < -0.39 is 0 Å². The highest BCUT2D eigenvalue weighted by Gasteiger charge is 2.13. The molecule has 0 spiro atoms. The van der Waals surface area contributed by atoms with E-state index in [2.05, 4.69) is 21.2 Å². The molecule has 0 fully saturated rings. The van der Waals surface area contributed by atoms with Crippen molar-refractivity contribution in [2.24, 2.45) is 7.05 Å². The van der Waals surface area contributed by atoms with Crippen molar-refractivity contribution in [2.45, 2.75) is 0 Å². The number of benzene rings is 1. The average Bonchev–Trinajstić information content (AvgIpc) is 2.82. The Kier molecular flexibility index (Phi) is 3.53. The molecule has 1 N–H and O–H groups in total. The molecule has 3 aromatic rings. The molecule has 6 heteroatoms. The number of terminal acetylenes is 1. The van der Waals surface area contributed by atoms with Gasteiger partial charge in [0.2, 0.25) is 5.95 Å². The van der Waals surface area contributed by atoms with Gasteiger partial charge in [-0.15, -0.1) is 6.42 Å². The Morgan fingerprint density at radius 2 is 2.18 bits per heavy atom. The SMILES string of the molecule is C#Cc1cncc(C(=O)Nc2nc3cc(Cl)ccc3n2C)c1. The lowest BCUT2D eigenvalue weighted by atomic mass is 10.2. The third-order valence-corrected chi connectivity index (χ3v) is 3.47. The third kappa shape index (κ3) is 2.52. The number of anilines is 1. The van der Waals surface area contributed by atoms with Crippen LogP contribution in [0.1, 0.15) is 15.9 Å². The van der Waals surface area contributed by atoms with Gasteiger partial charge in [-0.05, 0) is 24.3 Å². The predicted molar refractivity (Wildman–Crippen MR) is 85.8 cm³/mol. The van der Waals surface area contributed by atoms with Crippen LogP contribution in [-0.4, -0.2) is 20.4 Å². The number of halogens is 1. The Hall–Kier alpha value is -2.84.